The number of halogens is 1. The van der Waals surface area contributed by atoms with Gasteiger partial charge in [-0.1, -0.05) is 18.2 Å². The summed E-state index contributed by atoms with van der Waals surface area (Å²) in [6.45, 7) is 4.78. The summed E-state index contributed by atoms with van der Waals surface area (Å²) in [5.41, 5.74) is 5.23. The van der Waals surface area contributed by atoms with Gasteiger partial charge < -0.3 is 15.6 Å². The van der Waals surface area contributed by atoms with E-state index in [2.05, 4.69) is 0 Å². The highest BCUT2D eigenvalue weighted by Gasteiger charge is 2.43. The van der Waals surface area contributed by atoms with Crippen LogP contribution < -0.4 is 10.6 Å². The minimum Gasteiger partial charge on any atom is -0.478 e. The van der Waals surface area contributed by atoms with Gasteiger partial charge in [-0.3, -0.25) is 14.5 Å². The lowest BCUT2D eigenvalue weighted by Crippen LogP contribution is -2.50. The number of nitrogens with two attached hydrogens (primary N) is 1. The number of ether oxygens (including phenoxy) is 1. The Labute approximate surface area is 206 Å². The van der Waals surface area contributed by atoms with Crippen LogP contribution >= 0.6 is 11.8 Å². The number of carbonyl (C=O) groups excluding carboxylic acids is 3. The molecule has 0 radical (unpaired) electrons. The van der Waals surface area contributed by atoms with Crippen LogP contribution in [0.5, 0.6) is 0 Å². The Balaban J connectivity index is 1.94. The van der Waals surface area contributed by atoms with E-state index in [1.165, 1.54) is 42.1 Å². The number of thioether (sulfide) groups is 1. The fourth-order valence-corrected chi connectivity index (χ4v) is 5.07. The smallest absolute Gasteiger partial charge is 0.335 e. The molecule has 2 aromatic rings. The van der Waals surface area contributed by atoms with Crippen molar-refractivity contribution in [3.05, 3.63) is 65.5 Å². The molecule has 0 aliphatic carbocycles. The molecule has 35 heavy (non-hydrogen) atoms. The van der Waals surface area contributed by atoms with Crippen LogP contribution in [0.4, 0.5) is 14.9 Å². The van der Waals surface area contributed by atoms with Crippen LogP contribution in [0.25, 0.3) is 0 Å². The number of urea groups is 1. The first-order valence-corrected chi connectivity index (χ1v) is 11.7. The zero-order valence-electron chi connectivity index (χ0n) is 19.4. The average Bonchev–Trinajstić information content (AvgIpc) is 3.16. The monoisotopic (exact) mass is 503 g/mol. The molecule has 1 fully saturated rings. The topological polar surface area (TPSA) is 130 Å². The van der Waals surface area contributed by atoms with Crippen LogP contribution in [0.1, 0.15) is 42.1 Å². The number of carbonyl (C=O) groups is 4. The number of esters is 1. The highest BCUT2D eigenvalue weighted by atomic mass is 32.2. The van der Waals surface area contributed by atoms with Crippen LogP contribution in [0.3, 0.4) is 0 Å². The van der Waals surface area contributed by atoms with Crippen molar-refractivity contribution in [2.45, 2.75) is 37.8 Å². The van der Waals surface area contributed by atoms with E-state index in [1.54, 1.807) is 37.8 Å². The zero-order valence-corrected chi connectivity index (χ0v) is 20.3. The number of rotatable bonds is 6. The standard InChI is InChI=1S/C24H26FN3O6S/c1-24(2,3)34-22(32)18-13-35-20(14-7-9-16(25)10-8-14)27(18)12-19(29)28(23(26)33)17-6-4-5-15(11-17)21(30)31/h4-11,18,20H,12-13H2,1-3H3,(H2,26,33)(H,30,31)/t18-,20+/m0/s1. The van der Waals surface area contributed by atoms with Gasteiger partial charge in [0.05, 0.1) is 23.2 Å². The summed E-state index contributed by atoms with van der Waals surface area (Å²) in [7, 11) is 0. The minimum absolute atomic E-state index is 0.0126. The Morgan fingerprint density at radius 3 is 2.40 bits per heavy atom. The molecule has 1 heterocycles. The van der Waals surface area contributed by atoms with Gasteiger partial charge in [0.25, 0.3) is 0 Å². The molecule has 186 valence electrons. The predicted octanol–water partition coefficient (Wildman–Crippen LogP) is 3.39. The second kappa shape index (κ2) is 10.4. The van der Waals surface area contributed by atoms with Crippen molar-refractivity contribution in [3.63, 3.8) is 0 Å². The van der Waals surface area contributed by atoms with Crippen LogP contribution in [-0.4, -0.2) is 57.8 Å². The SMILES string of the molecule is CC(C)(C)OC(=O)[C@@H]1CS[C@H](c2ccc(F)cc2)N1CC(=O)N(C(N)=O)c1cccc(C(=O)O)c1. The number of imide groups is 1. The number of nitrogens with zero attached hydrogens (tertiary/aromatic N) is 2. The highest BCUT2D eigenvalue weighted by molar-refractivity contribution is 7.99. The summed E-state index contributed by atoms with van der Waals surface area (Å²) in [6, 6.07) is 9.01. The van der Waals surface area contributed by atoms with Gasteiger partial charge >= 0.3 is 18.0 Å². The zero-order chi connectivity index (χ0) is 25.9. The Morgan fingerprint density at radius 2 is 1.83 bits per heavy atom. The summed E-state index contributed by atoms with van der Waals surface area (Å²) in [5, 5.41) is 8.76. The number of aromatic carboxylic acids is 1. The molecular formula is C24H26FN3O6S. The lowest BCUT2D eigenvalue weighted by atomic mass is 10.1. The van der Waals surface area contributed by atoms with Crippen molar-refractivity contribution in [1.82, 2.24) is 4.90 Å². The van der Waals surface area contributed by atoms with Crippen molar-refractivity contribution in [3.8, 4) is 0 Å². The molecule has 3 N–H and O–H groups in total. The molecule has 2 atom stereocenters. The summed E-state index contributed by atoms with van der Waals surface area (Å²) in [5.74, 6) is -2.67. The number of benzene rings is 2. The third kappa shape index (κ3) is 6.37. The molecule has 0 aromatic heterocycles. The molecule has 0 saturated carbocycles. The molecule has 2 aromatic carbocycles. The normalized spacial score (nSPS) is 18.2. The summed E-state index contributed by atoms with van der Waals surface area (Å²) >= 11 is 1.37. The molecule has 3 rings (SSSR count). The van der Waals surface area contributed by atoms with Gasteiger partial charge in [0.1, 0.15) is 17.5 Å². The number of primary amides is 1. The van der Waals surface area contributed by atoms with Crippen molar-refractivity contribution in [2.24, 2.45) is 5.73 Å². The third-order valence-electron chi connectivity index (χ3n) is 5.09. The Hall–Kier alpha value is -3.44. The number of anilines is 1. The van der Waals surface area contributed by atoms with Gasteiger partial charge in [0.2, 0.25) is 5.91 Å². The Bertz CT molecular complexity index is 1130. The second-order valence-corrected chi connectivity index (χ2v) is 9.99. The van der Waals surface area contributed by atoms with Gasteiger partial charge in [0, 0.05) is 5.75 Å². The van der Waals surface area contributed by atoms with E-state index < -0.39 is 53.3 Å². The quantitative estimate of drug-likeness (QED) is 0.574. The van der Waals surface area contributed by atoms with Gasteiger partial charge in [-0.2, -0.15) is 0 Å². The van der Waals surface area contributed by atoms with E-state index in [4.69, 9.17) is 10.5 Å². The first-order valence-electron chi connectivity index (χ1n) is 10.7. The minimum atomic E-state index is -1.24. The lowest BCUT2D eigenvalue weighted by Gasteiger charge is -2.31. The first kappa shape index (κ1) is 26.2. The summed E-state index contributed by atoms with van der Waals surface area (Å²) in [6.07, 6.45) is 0. The molecule has 1 saturated heterocycles. The number of hydrogen-bond acceptors (Lipinski definition) is 7. The lowest BCUT2D eigenvalue weighted by molar-refractivity contribution is -0.160. The molecule has 0 bridgehead atoms. The highest BCUT2D eigenvalue weighted by Crippen LogP contribution is 2.42. The largest absolute Gasteiger partial charge is 0.478 e. The van der Waals surface area contributed by atoms with Crippen molar-refractivity contribution < 1.29 is 33.4 Å². The molecule has 0 spiro atoms. The van der Waals surface area contributed by atoms with Gasteiger partial charge in [-0.05, 0) is 56.7 Å². The first-order chi connectivity index (χ1) is 16.4. The van der Waals surface area contributed by atoms with Gasteiger partial charge in [0.15, 0.2) is 0 Å². The molecule has 0 unspecified atom stereocenters. The van der Waals surface area contributed by atoms with Crippen LogP contribution in [-0.2, 0) is 14.3 Å². The van der Waals surface area contributed by atoms with Gasteiger partial charge in [-0.25, -0.2) is 18.9 Å². The fraction of sp³-hybridized carbons (Fsp3) is 0.333. The Morgan fingerprint density at radius 1 is 1.17 bits per heavy atom. The Kier molecular flexibility index (Phi) is 7.81. The maximum Gasteiger partial charge on any atom is 0.335 e. The van der Waals surface area contributed by atoms with Gasteiger partial charge in [-0.15, -0.1) is 11.8 Å². The number of carboxylic acids is 1. The van der Waals surface area contributed by atoms with E-state index >= 15 is 0 Å². The second-order valence-electron chi connectivity index (χ2n) is 8.88. The molecule has 3 amide bonds. The molecular weight excluding hydrogens is 477 g/mol. The third-order valence-corrected chi connectivity index (χ3v) is 6.45. The van der Waals surface area contributed by atoms with Crippen LogP contribution in [0, 0.1) is 5.82 Å². The van der Waals surface area contributed by atoms with E-state index in [0.29, 0.717) is 16.2 Å². The maximum absolute atomic E-state index is 13.5. The number of hydrogen-bond donors (Lipinski definition) is 2. The summed E-state index contributed by atoms with van der Waals surface area (Å²) in [4.78, 5) is 52.1. The van der Waals surface area contributed by atoms with Crippen molar-refractivity contribution in [1.29, 1.82) is 0 Å². The number of carboxylic acid groups (broad SMARTS) is 1. The molecule has 1 aliphatic heterocycles. The fourth-order valence-electron chi connectivity index (χ4n) is 3.62. The molecule has 9 nitrogen and oxygen atoms in total. The van der Waals surface area contributed by atoms with E-state index in [1.807, 2.05) is 0 Å². The van der Waals surface area contributed by atoms with Crippen molar-refractivity contribution >= 4 is 41.3 Å². The van der Waals surface area contributed by atoms with Crippen molar-refractivity contribution in [2.75, 3.05) is 17.2 Å². The molecule has 11 heteroatoms. The predicted molar refractivity (Wildman–Crippen MR) is 128 cm³/mol. The van der Waals surface area contributed by atoms with E-state index in [0.717, 1.165) is 6.07 Å². The number of amides is 3. The van der Waals surface area contributed by atoms with Crippen LogP contribution in [0.2, 0.25) is 0 Å². The molecule has 1 aliphatic rings. The maximum atomic E-state index is 13.5. The van der Waals surface area contributed by atoms with E-state index in [-0.39, 0.29) is 11.3 Å². The van der Waals surface area contributed by atoms with Crippen LogP contribution in [0.15, 0.2) is 48.5 Å². The van der Waals surface area contributed by atoms with E-state index in [9.17, 15) is 28.7 Å². The average molecular weight is 504 g/mol. The summed E-state index contributed by atoms with van der Waals surface area (Å²) < 4.78 is 19.0.